The first-order valence-electron chi connectivity index (χ1n) is 8.65. The molecule has 0 radical (unpaired) electrons. The van der Waals surface area contributed by atoms with Crippen LogP contribution in [0.2, 0.25) is 0 Å². The molecule has 2 N–H and O–H groups in total. The Kier molecular flexibility index (Phi) is 4.38. The molecule has 4 aromatic rings. The number of aryl methyl sites for hydroxylation is 1. The van der Waals surface area contributed by atoms with Crippen LogP contribution in [-0.4, -0.2) is 27.6 Å². The number of nitrogens with zero attached hydrogens (tertiary/aromatic N) is 2. The highest BCUT2D eigenvalue weighted by Crippen LogP contribution is 2.25. The van der Waals surface area contributed by atoms with E-state index in [4.69, 9.17) is 4.74 Å². The molecule has 6 nitrogen and oxygen atoms in total. The average Bonchev–Trinajstić information content (AvgIpc) is 3.32. The second-order valence-corrected chi connectivity index (χ2v) is 6.35. The van der Waals surface area contributed by atoms with Crippen molar-refractivity contribution in [1.29, 1.82) is 0 Å². The number of methoxy groups -OCH3 is 1. The van der Waals surface area contributed by atoms with Crippen LogP contribution >= 0.6 is 0 Å². The molecule has 0 aliphatic rings. The first-order chi connectivity index (χ1) is 13.2. The van der Waals surface area contributed by atoms with Gasteiger partial charge >= 0.3 is 0 Å². The highest BCUT2D eigenvalue weighted by molar-refractivity contribution is 5.98. The number of nitrogens with one attached hydrogen (secondary N) is 2. The van der Waals surface area contributed by atoms with Crippen molar-refractivity contribution in [1.82, 2.24) is 19.9 Å². The Bertz CT molecular complexity index is 1060. The predicted molar refractivity (Wildman–Crippen MR) is 104 cm³/mol. The molecule has 4 rings (SSSR count). The van der Waals surface area contributed by atoms with E-state index in [1.54, 1.807) is 13.3 Å². The fraction of sp³-hybridized carbons (Fsp3) is 0.143. The predicted octanol–water partition coefficient (Wildman–Crippen LogP) is 3.43. The maximum Gasteiger partial charge on any atom is 0.268 e. The number of benzene rings is 2. The number of hydrogen-bond donors (Lipinski definition) is 2. The summed E-state index contributed by atoms with van der Waals surface area (Å²) in [4.78, 5) is 20.6. The van der Waals surface area contributed by atoms with Gasteiger partial charge in [0, 0.05) is 30.3 Å². The smallest absolute Gasteiger partial charge is 0.268 e. The largest absolute Gasteiger partial charge is 0.497 e. The van der Waals surface area contributed by atoms with Crippen molar-refractivity contribution >= 4 is 16.8 Å². The number of ether oxygens (including phenoxy) is 1. The summed E-state index contributed by atoms with van der Waals surface area (Å²) >= 11 is 0. The molecule has 0 saturated heterocycles. The van der Waals surface area contributed by atoms with Crippen molar-refractivity contribution in [3.63, 3.8) is 0 Å². The third-order valence-corrected chi connectivity index (χ3v) is 4.59. The van der Waals surface area contributed by atoms with Gasteiger partial charge in [-0.2, -0.15) is 0 Å². The van der Waals surface area contributed by atoms with Crippen LogP contribution < -0.4 is 10.1 Å². The molecule has 6 heteroatoms. The van der Waals surface area contributed by atoms with Crippen LogP contribution in [0.4, 0.5) is 0 Å². The highest BCUT2D eigenvalue weighted by atomic mass is 16.5. The zero-order chi connectivity index (χ0) is 18.8. The van der Waals surface area contributed by atoms with Gasteiger partial charge < -0.3 is 19.6 Å². The Morgan fingerprint density at radius 3 is 2.78 bits per heavy atom. The summed E-state index contributed by atoms with van der Waals surface area (Å²) in [6.45, 7) is 0. The van der Waals surface area contributed by atoms with Crippen LogP contribution in [0.25, 0.3) is 10.9 Å². The van der Waals surface area contributed by atoms with Crippen molar-refractivity contribution in [3.05, 3.63) is 84.1 Å². The molecule has 136 valence electrons. The molecular weight excluding hydrogens is 340 g/mol. The Hall–Kier alpha value is -3.54. The first kappa shape index (κ1) is 16.9. The summed E-state index contributed by atoms with van der Waals surface area (Å²) in [5.41, 5.74) is 2.34. The third kappa shape index (κ3) is 3.29. The summed E-state index contributed by atoms with van der Waals surface area (Å²) < 4.78 is 7.23. The highest BCUT2D eigenvalue weighted by Gasteiger charge is 2.22. The lowest BCUT2D eigenvalue weighted by Gasteiger charge is -2.19. The quantitative estimate of drug-likeness (QED) is 0.573. The fourth-order valence-corrected chi connectivity index (χ4v) is 3.18. The third-order valence-electron chi connectivity index (χ3n) is 4.59. The van der Waals surface area contributed by atoms with Crippen molar-refractivity contribution in [2.75, 3.05) is 7.11 Å². The van der Waals surface area contributed by atoms with Gasteiger partial charge in [0.1, 0.15) is 23.3 Å². The van der Waals surface area contributed by atoms with Crippen LogP contribution in [0, 0.1) is 0 Å². The van der Waals surface area contributed by atoms with Crippen molar-refractivity contribution < 1.29 is 9.53 Å². The van der Waals surface area contributed by atoms with Gasteiger partial charge in [-0.3, -0.25) is 4.79 Å². The second kappa shape index (κ2) is 6.99. The van der Waals surface area contributed by atoms with Crippen LogP contribution in [-0.2, 0) is 7.05 Å². The van der Waals surface area contributed by atoms with E-state index in [1.807, 2.05) is 72.4 Å². The van der Waals surface area contributed by atoms with Crippen LogP contribution in [0.15, 0.2) is 67.0 Å². The van der Waals surface area contributed by atoms with E-state index in [0.29, 0.717) is 5.69 Å². The van der Waals surface area contributed by atoms with Gasteiger partial charge in [-0.1, -0.05) is 30.3 Å². The molecule has 2 aromatic heterocycles. The lowest BCUT2D eigenvalue weighted by molar-refractivity contribution is 0.0937. The van der Waals surface area contributed by atoms with Crippen molar-refractivity contribution in [2.45, 2.75) is 6.04 Å². The van der Waals surface area contributed by atoms with E-state index in [0.717, 1.165) is 28.0 Å². The summed E-state index contributed by atoms with van der Waals surface area (Å²) in [5.74, 6) is 1.28. The Labute approximate surface area is 156 Å². The monoisotopic (exact) mass is 360 g/mol. The minimum absolute atomic E-state index is 0.193. The summed E-state index contributed by atoms with van der Waals surface area (Å²) in [6, 6.07) is 16.9. The standard InChI is InChI=1S/C21H20N4O2/c1-25-11-10-22-20(25)19(15-7-5-8-16(12-15)27-2)24-21(26)18-13-14-6-3-4-9-17(14)23-18/h3-13,19,23H,1-2H3,(H,24,26)/t19-/m0/s1. The van der Waals surface area contributed by atoms with Crippen LogP contribution in [0.5, 0.6) is 5.75 Å². The Balaban J connectivity index is 1.70. The number of fused-ring (bicyclic) bond motifs is 1. The molecule has 27 heavy (non-hydrogen) atoms. The number of amides is 1. The molecule has 0 spiro atoms. The topological polar surface area (TPSA) is 71.9 Å². The number of H-pyrrole nitrogens is 1. The first-order valence-corrected chi connectivity index (χ1v) is 8.65. The van der Waals surface area contributed by atoms with Crippen LogP contribution in [0.1, 0.15) is 27.9 Å². The average molecular weight is 360 g/mol. The van der Waals surface area contributed by atoms with E-state index >= 15 is 0 Å². The molecule has 0 fully saturated rings. The maximum atomic E-state index is 12.9. The maximum absolute atomic E-state index is 12.9. The fourth-order valence-electron chi connectivity index (χ4n) is 3.18. The summed E-state index contributed by atoms with van der Waals surface area (Å²) in [7, 11) is 3.53. The molecule has 2 heterocycles. The number of aromatic nitrogens is 3. The van der Waals surface area contributed by atoms with E-state index in [2.05, 4.69) is 15.3 Å². The van der Waals surface area contributed by atoms with E-state index < -0.39 is 6.04 Å². The number of imidazole rings is 1. The van der Waals surface area contributed by atoms with Gasteiger partial charge in [-0.15, -0.1) is 0 Å². The minimum atomic E-state index is -0.404. The molecule has 2 aromatic carbocycles. The van der Waals surface area contributed by atoms with Gasteiger partial charge in [0.05, 0.1) is 7.11 Å². The number of carbonyl (C=O) groups excluding carboxylic acids is 1. The van der Waals surface area contributed by atoms with Gasteiger partial charge in [0.15, 0.2) is 0 Å². The number of hydrogen-bond acceptors (Lipinski definition) is 3. The van der Waals surface area contributed by atoms with Crippen molar-refractivity contribution in [2.24, 2.45) is 7.05 Å². The Morgan fingerprint density at radius 1 is 1.19 bits per heavy atom. The zero-order valence-electron chi connectivity index (χ0n) is 15.1. The van der Waals surface area contributed by atoms with E-state index in [1.165, 1.54) is 0 Å². The number of aromatic amines is 1. The summed E-state index contributed by atoms with van der Waals surface area (Å²) in [5, 5.41) is 4.09. The van der Waals surface area contributed by atoms with Gasteiger partial charge in [-0.25, -0.2) is 4.98 Å². The lowest BCUT2D eigenvalue weighted by atomic mass is 10.1. The van der Waals surface area contributed by atoms with E-state index in [9.17, 15) is 4.79 Å². The number of rotatable bonds is 5. The molecule has 0 unspecified atom stereocenters. The second-order valence-electron chi connectivity index (χ2n) is 6.35. The summed E-state index contributed by atoms with van der Waals surface area (Å²) in [6.07, 6.45) is 3.58. The molecular formula is C21H20N4O2. The van der Waals surface area contributed by atoms with Crippen molar-refractivity contribution in [3.8, 4) is 5.75 Å². The van der Waals surface area contributed by atoms with Gasteiger partial charge in [0.2, 0.25) is 0 Å². The van der Waals surface area contributed by atoms with Gasteiger partial charge in [-0.05, 0) is 29.8 Å². The van der Waals surface area contributed by atoms with Gasteiger partial charge in [0.25, 0.3) is 5.91 Å². The Morgan fingerprint density at radius 2 is 2.04 bits per heavy atom. The molecule has 0 aliphatic heterocycles. The molecule has 1 amide bonds. The lowest BCUT2D eigenvalue weighted by Crippen LogP contribution is -2.31. The number of para-hydroxylation sites is 1. The molecule has 1 atom stereocenters. The molecule has 0 aliphatic carbocycles. The normalized spacial score (nSPS) is 12.1. The van der Waals surface area contributed by atoms with Crippen LogP contribution in [0.3, 0.4) is 0 Å². The number of carbonyl (C=O) groups is 1. The SMILES string of the molecule is COc1cccc([C@H](NC(=O)c2cc3ccccc3[nH]2)c2nccn2C)c1. The van der Waals surface area contributed by atoms with E-state index in [-0.39, 0.29) is 5.91 Å². The molecule has 0 bridgehead atoms. The molecule has 0 saturated carbocycles. The zero-order valence-corrected chi connectivity index (χ0v) is 15.1. The minimum Gasteiger partial charge on any atom is -0.497 e.